The molecule has 1 saturated heterocycles. The van der Waals surface area contributed by atoms with Crippen LogP contribution in [0.2, 0.25) is 0 Å². The van der Waals surface area contributed by atoms with Gasteiger partial charge in [0.1, 0.15) is 0 Å². The van der Waals surface area contributed by atoms with Gasteiger partial charge in [-0.1, -0.05) is 30.3 Å². The molecule has 1 amide bonds. The summed E-state index contributed by atoms with van der Waals surface area (Å²) in [6, 6.07) is 16.6. The van der Waals surface area contributed by atoms with Gasteiger partial charge in [0.15, 0.2) is 0 Å². The Labute approximate surface area is 160 Å². The molecule has 0 spiro atoms. The van der Waals surface area contributed by atoms with E-state index in [1.54, 1.807) is 0 Å². The first kappa shape index (κ1) is 18.0. The van der Waals surface area contributed by atoms with E-state index in [0.29, 0.717) is 6.54 Å². The minimum atomic E-state index is 0.00123. The summed E-state index contributed by atoms with van der Waals surface area (Å²) in [5.74, 6) is 0.00123. The van der Waals surface area contributed by atoms with Crippen LogP contribution in [0.3, 0.4) is 0 Å². The maximum absolute atomic E-state index is 12.3. The predicted molar refractivity (Wildman–Crippen MR) is 107 cm³/mol. The summed E-state index contributed by atoms with van der Waals surface area (Å²) in [5, 5.41) is 3.02. The first-order valence-electron chi connectivity index (χ1n) is 9.80. The van der Waals surface area contributed by atoms with Crippen molar-refractivity contribution in [2.75, 3.05) is 50.8 Å². The number of ether oxygens (including phenoxy) is 1. The second-order valence-electron chi connectivity index (χ2n) is 7.21. The van der Waals surface area contributed by atoms with E-state index in [1.807, 2.05) is 12.1 Å². The fourth-order valence-electron chi connectivity index (χ4n) is 3.81. The number of benzene rings is 2. The Balaban J connectivity index is 1.28. The van der Waals surface area contributed by atoms with Gasteiger partial charge in [0.05, 0.1) is 13.2 Å². The minimum Gasteiger partial charge on any atom is -0.379 e. The van der Waals surface area contributed by atoms with Crippen LogP contribution in [0.1, 0.15) is 21.5 Å². The van der Waals surface area contributed by atoms with Gasteiger partial charge in [-0.3, -0.25) is 9.69 Å². The summed E-state index contributed by atoms with van der Waals surface area (Å²) in [7, 11) is 0. The number of carbonyl (C=O) groups is 1. The maximum Gasteiger partial charge on any atom is 0.251 e. The molecule has 5 heteroatoms. The average molecular weight is 365 g/mol. The smallest absolute Gasteiger partial charge is 0.251 e. The molecule has 0 unspecified atom stereocenters. The Bertz CT molecular complexity index is 769. The second-order valence-corrected chi connectivity index (χ2v) is 7.21. The van der Waals surface area contributed by atoms with E-state index in [-0.39, 0.29) is 5.91 Å². The van der Waals surface area contributed by atoms with Crippen LogP contribution in [-0.2, 0) is 17.7 Å². The summed E-state index contributed by atoms with van der Waals surface area (Å²) < 4.78 is 5.34. The normalized spacial score (nSPS) is 17.0. The van der Waals surface area contributed by atoms with E-state index in [1.165, 1.54) is 16.8 Å². The van der Waals surface area contributed by atoms with Crippen molar-refractivity contribution in [1.82, 2.24) is 10.2 Å². The standard InChI is InChI=1S/C22H27N3O2/c26-22(23-10-12-24-13-15-27-16-14-24)20-7-5-18(6-8-20)17-25-11-9-19-3-1-2-4-21(19)25/h1-8H,9-17H2,(H,23,26). The number of rotatable bonds is 6. The summed E-state index contributed by atoms with van der Waals surface area (Å²) >= 11 is 0. The Morgan fingerprint density at radius 1 is 1.00 bits per heavy atom. The molecule has 1 fully saturated rings. The van der Waals surface area contributed by atoms with Crippen molar-refractivity contribution in [1.29, 1.82) is 0 Å². The van der Waals surface area contributed by atoms with Gasteiger partial charge in [-0.15, -0.1) is 0 Å². The number of carbonyl (C=O) groups excluding carboxylic acids is 1. The summed E-state index contributed by atoms with van der Waals surface area (Å²) in [6.07, 6.45) is 1.11. The summed E-state index contributed by atoms with van der Waals surface area (Å²) in [6.45, 7) is 6.97. The maximum atomic E-state index is 12.3. The van der Waals surface area contributed by atoms with E-state index in [9.17, 15) is 4.79 Å². The highest BCUT2D eigenvalue weighted by Crippen LogP contribution is 2.28. The molecule has 1 N–H and O–H groups in total. The first-order valence-corrected chi connectivity index (χ1v) is 9.80. The van der Waals surface area contributed by atoms with Gasteiger partial charge < -0.3 is 15.0 Å². The van der Waals surface area contributed by atoms with Gasteiger partial charge in [-0.25, -0.2) is 0 Å². The van der Waals surface area contributed by atoms with Gasteiger partial charge in [0.25, 0.3) is 5.91 Å². The molecule has 0 aromatic heterocycles. The molecule has 4 rings (SSSR count). The Kier molecular flexibility index (Phi) is 5.70. The van der Waals surface area contributed by atoms with Gasteiger partial charge in [0, 0.05) is 50.5 Å². The first-order chi connectivity index (χ1) is 13.3. The monoisotopic (exact) mass is 365 g/mol. The zero-order chi connectivity index (χ0) is 18.5. The van der Waals surface area contributed by atoms with Crippen molar-refractivity contribution in [2.24, 2.45) is 0 Å². The molecule has 2 aliphatic heterocycles. The quantitative estimate of drug-likeness (QED) is 0.853. The molecule has 2 aliphatic rings. The minimum absolute atomic E-state index is 0.00123. The van der Waals surface area contributed by atoms with E-state index < -0.39 is 0 Å². The molecule has 2 aromatic carbocycles. The largest absolute Gasteiger partial charge is 0.379 e. The molecule has 0 radical (unpaired) electrons. The Morgan fingerprint density at radius 2 is 1.78 bits per heavy atom. The fourth-order valence-corrected chi connectivity index (χ4v) is 3.81. The number of anilines is 1. The van der Waals surface area contributed by atoms with Crippen LogP contribution in [0.25, 0.3) is 0 Å². The lowest BCUT2D eigenvalue weighted by Gasteiger charge is -2.26. The number of fused-ring (bicyclic) bond motifs is 1. The third kappa shape index (κ3) is 4.49. The number of nitrogens with zero attached hydrogens (tertiary/aromatic N) is 2. The Morgan fingerprint density at radius 3 is 2.59 bits per heavy atom. The van der Waals surface area contributed by atoms with Crippen LogP contribution >= 0.6 is 0 Å². The lowest BCUT2D eigenvalue weighted by atomic mass is 10.1. The van der Waals surface area contributed by atoms with Crippen LogP contribution in [0.15, 0.2) is 48.5 Å². The van der Waals surface area contributed by atoms with E-state index in [4.69, 9.17) is 4.74 Å². The molecule has 2 aromatic rings. The molecule has 2 heterocycles. The van der Waals surface area contributed by atoms with Crippen LogP contribution < -0.4 is 10.2 Å². The Hall–Kier alpha value is -2.37. The van der Waals surface area contributed by atoms with Crippen molar-refractivity contribution in [3.8, 4) is 0 Å². The second kappa shape index (κ2) is 8.55. The third-order valence-electron chi connectivity index (χ3n) is 5.39. The zero-order valence-corrected chi connectivity index (χ0v) is 15.7. The molecule has 142 valence electrons. The lowest BCUT2D eigenvalue weighted by molar-refractivity contribution is 0.0383. The van der Waals surface area contributed by atoms with Gasteiger partial charge >= 0.3 is 0 Å². The molecule has 0 atom stereocenters. The molecule has 5 nitrogen and oxygen atoms in total. The molecular formula is C22H27N3O2. The van der Waals surface area contributed by atoms with Crippen molar-refractivity contribution < 1.29 is 9.53 Å². The van der Waals surface area contributed by atoms with Crippen molar-refractivity contribution in [3.63, 3.8) is 0 Å². The highest BCUT2D eigenvalue weighted by molar-refractivity contribution is 5.94. The number of para-hydroxylation sites is 1. The van der Waals surface area contributed by atoms with Crippen molar-refractivity contribution >= 4 is 11.6 Å². The molecule has 27 heavy (non-hydrogen) atoms. The number of morpholine rings is 1. The SMILES string of the molecule is O=C(NCCN1CCOCC1)c1ccc(CN2CCc3ccccc32)cc1. The summed E-state index contributed by atoms with van der Waals surface area (Å²) in [5.41, 5.74) is 4.72. The van der Waals surface area contributed by atoms with Crippen molar-refractivity contribution in [3.05, 3.63) is 65.2 Å². The van der Waals surface area contributed by atoms with E-state index in [0.717, 1.165) is 57.9 Å². The van der Waals surface area contributed by atoms with E-state index >= 15 is 0 Å². The topological polar surface area (TPSA) is 44.8 Å². The highest BCUT2D eigenvalue weighted by Gasteiger charge is 2.18. The molecule has 0 aliphatic carbocycles. The molecule has 0 saturated carbocycles. The molecule has 0 bridgehead atoms. The van der Waals surface area contributed by atoms with Crippen molar-refractivity contribution in [2.45, 2.75) is 13.0 Å². The van der Waals surface area contributed by atoms with Crippen LogP contribution in [0.5, 0.6) is 0 Å². The van der Waals surface area contributed by atoms with Gasteiger partial charge in [-0.05, 0) is 35.7 Å². The zero-order valence-electron chi connectivity index (χ0n) is 15.7. The lowest BCUT2D eigenvalue weighted by Crippen LogP contribution is -2.41. The summed E-state index contributed by atoms with van der Waals surface area (Å²) in [4.78, 5) is 17.1. The molecular weight excluding hydrogens is 338 g/mol. The third-order valence-corrected chi connectivity index (χ3v) is 5.39. The predicted octanol–water partition coefficient (Wildman–Crippen LogP) is 2.31. The van der Waals surface area contributed by atoms with Crippen LogP contribution in [0.4, 0.5) is 5.69 Å². The van der Waals surface area contributed by atoms with Crippen LogP contribution in [-0.4, -0.2) is 56.7 Å². The van der Waals surface area contributed by atoms with Gasteiger partial charge in [0.2, 0.25) is 0 Å². The highest BCUT2D eigenvalue weighted by atomic mass is 16.5. The fraction of sp³-hybridized carbons (Fsp3) is 0.409. The van der Waals surface area contributed by atoms with E-state index in [2.05, 4.69) is 51.5 Å². The average Bonchev–Trinajstić information content (AvgIpc) is 3.12. The van der Waals surface area contributed by atoms with Crippen LogP contribution in [0, 0.1) is 0 Å². The number of amides is 1. The number of hydrogen-bond acceptors (Lipinski definition) is 4. The number of nitrogens with one attached hydrogen (secondary N) is 1. The van der Waals surface area contributed by atoms with Gasteiger partial charge in [-0.2, -0.15) is 0 Å². The number of hydrogen-bond donors (Lipinski definition) is 1.